The molecule has 1 unspecified atom stereocenters. The fourth-order valence-corrected chi connectivity index (χ4v) is 7.88. The molecule has 0 spiro atoms. The van der Waals surface area contributed by atoms with Gasteiger partial charge in [0.15, 0.2) is 17.3 Å². The summed E-state index contributed by atoms with van der Waals surface area (Å²) in [7, 11) is -1.06. The van der Waals surface area contributed by atoms with Gasteiger partial charge in [0.1, 0.15) is 18.2 Å². The number of sulfonamides is 1. The summed E-state index contributed by atoms with van der Waals surface area (Å²) in [5, 5.41) is 33.4. The molecule has 0 bridgehead atoms. The minimum Gasteiger partial charge on any atom is -0.469 e. The molecule has 310 valence electrons. The number of carbonyl (C=O) groups excluding carboxylic acids is 2. The molecule has 0 aliphatic rings. The molecule has 5 rings (SSSR count). The van der Waals surface area contributed by atoms with Crippen molar-refractivity contribution in [3.63, 3.8) is 0 Å². The normalized spacial score (nSPS) is 12.0. The van der Waals surface area contributed by atoms with Crippen LogP contribution in [0, 0.1) is 32.1 Å². The van der Waals surface area contributed by atoms with E-state index in [4.69, 9.17) is 9.47 Å². The maximum atomic E-state index is 13.1. The van der Waals surface area contributed by atoms with Crippen molar-refractivity contribution in [1.82, 2.24) is 29.5 Å². The summed E-state index contributed by atoms with van der Waals surface area (Å²) < 4.78 is 45.9. The number of benzene rings is 2. The molecule has 4 N–H and O–H groups in total. The van der Waals surface area contributed by atoms with E-state index >= 15 is 0 Å². The number of anilines is 4. The fourth-order valence-electron chi connectivity index (χ4n) is 5.61. The number of rotatable bonds is 19. The number of nitrogens with zero attached hydrogens (tertiary/aromatic N) is 8. The zero-order valence-electron chi connectivity index (χ0n) is 33.5. The molecule has 0 aliphatic carbocycles. The van der Waals surface area contributed by atoms with Crippen molar-refractivity contribution >= 4 is 78.3 Å². The van der Waals surface area contributed by atoms with E-state index in [2.05, 4.69) is 68.3 Å². The number of hydrogen-bond acceptors (Lipinski definition) is 18. The highest BCUT2D eigenvalue weighted by Gasteiger charge is 2.22. The quantitative estimate of drug-likeness (QED) is 0.0320. The molecule has 5 aromatic rings. The molecule has 1 atom stereocenters. The third kappa shape index (κ3) is 11.2. The summed E-state index contributed by atoms with van der Waals surface area (Å²) in [5.41, 5.74) is 4.94. The number of fused-ring (bicyclic) bond motifs is 1. The van der Waals surface area contributed by atoms with E-state index in [-0.39, 0.29) is 60.7 Å². The first-order valence-corrected chi connectivity index (χ1v) is 20.4. The van der Waals surface area contributed by atoms with Crippen molar-refractivity contribution in [2.45, 2.75) is 52.0 Å². The first-order valence-electron chi connectivity index (χ1n) is 18.1. The van der Waals surface area contributed by atoms with Crippen LogP contribution in [0.1, 0.15) is 42.5 Å². The number of azo groups is 1. The molecule has 0 saturated carbocycles. The van der Waals surface area contributed by atoms with Crippen molar-refractivity contribution in [2.75, 3.05) is 56.5 Å². The monoisotopic (exact) mass is 844 g/mol. The molecule has 3 aromatic heterocycles. The van der Waals surface area contributed by atoms with Gasteiger partial charge >= 0.3 is 11.9 Å². The van der Waals surface area contributed by atoms with Crippen LogP contribution in [0.2, 0.25) is 0 Å². The van der Waals surface area contributed by atoms with Gasteiger partial charge in [-0.05, 0) is 63.9 Å². The van der Waals surface area contributed by atoms with E-state index < -0.39 is 28.0 Å². The first-order chi connectivity index (χ1) is 28.1. The Morgan fingerprint density at radius 2 is 1.78 bits per heavy atom. The standard InChI is InChI=1S/C38H44N12O7S2/c1-21(2)36(52)57-14-13-56-12-11-41-34-32(35(45-37(40-7)44-34)43-31-23(4)15-22(3)16-24(31)5)46-47-33-26(19-39)20-50(48-33)38-42-28-10-9-27(18-29(28)58-38)59(53,54)49-25(6)17-30(51)55-8/h9-10,15-16,18,20,25,49H,1,11-14,17H2,2-8H3,(H3,40,41,43,44,45). The van der Waals surface area contributed by atoms with Crippen LogP contribution in [0.15, 0.2) is 63.8 Å². The van der Waals surface area contributed by atoms with Gasteiger partial charge in [-0.1, -0.05) is 35.6 Å². The third-order valence-corrected chi connectivity index (χ3v) is 10.9. The minimum atomic E-state index is -3.98. The molecule has 0 aliphatic heterocycles. The van der Waals surface area contributed by atoms with E-state index in [0.29, 0.717) is 32.6 Å². The topological polar surface area (TPSA) is 249 Å². The Kier molecular flexibility index (Phi) is 14.4. The lowest BCUT2D eigenvalue weighted by Crippen LogP contribution is -2.34. The largest absolute Gasteiger partial charge is 0.469 e. The van der Waals surface area contributed by atoms with Gasteiger partial charge in [0.05, 0.1) is 48.1 Å². The van der Waals surface area contributed by atoms with E-state index in [1.165, 1.54) is 30.1 Å². The van der Waals surface area contributed by atoms with Crippen molar-refractivity contribution < 1.29 is 32.2 Å². The molecule has 59 heavy (non-hydrogen) atoms. The SMILES string of the molecule is C=C(C)C(=O)OCCOCCNc1nc(NC)nc(Nc2c(C)cc(C)cc2C)c1N=Nc1nn(-c2nc3ccc(S(=O)(=O)NC(C)CC(=O)OC)cc3s2)cc1C#N. The number of ether oxygens (including phenoxy) is 3. The van der Waals surface area contributed by atoms with Gasteiger partial charge in [-0.25, -0.2) is 27.6 Å². The molecular weight excluding hydrogens is 801 g/mol. The summed E-state index contributed by atoms with van der Waals surface area (Å²) in [6.07, 6.45) is 1.31. The lowest BCUT2D eigenvalue weighted by molar-refractivity contribution is -0.141. The van der Waals surface area contributed by atoms with Crippen molar-refractivity contribution in [3.05, 3.63) is 70.9 Å². The average Bonchev–Trinajstić information content (AvgIpc) is 3.81. The predicted molar refractivity (Wildman–Crippen MR) is 223 cm³/mol. The Morgan fingerprint density at radius 3 is 2.46 bits per heavy atom. The molecule has 19 nitrogen and oxygen atoms in total. The summed E-state index contributed by atoms with van der Waals surface area (Å²) in [5.74, 6) is -0.181. The third-order valence-electron chi connectivity index (χ3n) is 8.35. The first kappa shape index (κ1) is 43.8. The van der Waals surface area contributed by atoms with Crippen LogP contribution in [0.5, 0.6) is 0 Å². The molecule has 0 amide bonds. The van der Waals surface area contributed by atoms with E-state index in [1.807, 2.05) is 32.9 Å². The van der Waals surface area contributed by atoms with Crippen LogP contribution in [0.4, 0.5) is 34.8 Å². The Hall–Kier alpha value is -6.34. The Morgan fingerprint density at radius 1 is 1.05 bits per heavy atom. The smallest absolute Gasteiger partial charge is 0.333 e. The lowest BCUT2D eigenvalue weighted by atomic mass is 10.1. The molecule has 0 radical (unpaired) electrons. The number of carbonyl (C=O) groups is 2. The van der Waals surface area contributed by atoms with Gasteiger partial charge < -0.3 is 30.2 Å². The minimum absolute atomic E-state index is 0.0170. The highest BCUT2D eigenvalue weighted by atomic mass is 32.2. The second-order valence-corrected chi connectivity index (χ2v) is 16.0. The molecular formula is C38H44N12O7S2. The van der Waals surface area contributed by atoms with Crippen molar-refractivity contribution in [1.29, 1.82) is 5.26 Å². The highest BCUT2D eigenvalue weighted by molar-refractivity contribution is 7.89. The second-order valence-electron chi connectivity index (χ2n) is 13.2. The Balaban J connectivity index is 1.44. The van der Waals surface area contributed by atoms with Gasteiger partial charge in [0.2, 0.25) is 26.9 Å². The van der Waals surface area contributed by atoms with Gasteiger partial charge in [0, 0.05) is 30.9 Å². The molecule has 21 heteroatoms. The maximum Gasteiger partial charge on any atom is 0.333 e. The van der Waals surface area contributed by atoms with Crippen molar-refractivity contribution in [3.8, 4) is 11.2 Å². The number of esters is 2. The number of aryl methyl sites for hydroxylation is 3. The summed E-state index contributed by atoms with van der Waals surface area (Å²) in [4.78, 5) is 37.1. The van der Waals surface area contributed by atoms with E-state index in [1.54, 1.807) is 27.0 Å². The van der Waals surface area contributed by atoms with Crippen LogP contribution in [-0.2, 0) is 33.8 Å². The van der Waals surface area contributed by atoms with Crippen LogP contribution < -0.4 is 20.7 Å². The number of nitrogens with one attached hydrogen (secondary N) is 4. The lowest BCUT2D eigenvalue weighted by Gasteiger charge is -2.17. The Bertz CT molecular complexity index is 2540. The number of methoxy groups -OCH3 is 1. The van der Waals surface area contributed by atoms with Gasteiger partial charge in [0.25, 0.3) is 0 Å². The summed E-state index contributed by atoms with van der Waals surface area (Å²) in [6, 6.07) is 9.92. The Labute approximate surface area is 345 Å². The zero-order chi connectivity index (χ0) is 42.9. The van der Waals surface area contributed by atoms with Gasteiger partial charge in [-0.15, -0.1) is 15.3 Å². The van der Waals surface area contributed by atoms with Gasteiger partial charge in [-0.2, -0.15) is 15.2 Å². The van der Waals surface area contributed by atoms with Crippen LogP contribution in [0.3, 0.4) is 0 Å². The molecule has 2 aromatic carbocycles. The molecule has 0 fully saturated rings. The number of nitriles is 1. The van der Waals surface area contributed by atoms with Gasteiger partial charge in [-0.3, -0.25) is 4.79 Å². The molecule has 3 heterocycles. The maximum absolute atomic E-state index is 13.1. The van der Waals surface area contributed by atoms with Crippen LogP contribution in [-0.4, -0.2) is 91.7 Å². The number of hydrogen-bond donors (Lipinski definition) is 4. The zero-order valence-corrected chi connectivity index (χ0v) is 35.2. The summed E-state index contributed by atoms with van der Waals surface area (Å²) >= 11 is 1.15. The fraction of sp³-hybridized carbons (Fsp3) is 0.342. The molecule has 0 saturated heterocycles. The van der Waals surface area contributed by atoms with Crippen molar-refractivity contribution in [2.24, 2.45) is 10.2 Å². The number of aromatic nitrogens is 5. The predicted octanol–water partition coefficient (Wildman–Crippen LogP) is 6.05. The van der Waals surface area contributed by atoms with Crippen LogP contribution >= 0.6 is 11.3 Å². The average molecular weight is 845 g/mol. The summed E-state index contributed by atoms with van der Waals surface area (Å²) in [6.45, 7) is 13.4. The number of thiazole rings is 1. The van der Waals surface area contributed by atoms with E-state index in [9.17, 15) is 23.3 Å². The highest BCUT2D eigenvalue weighted by Crippen LogP contribution is 2.37. The van der Waals surface area contributed by atoms with Crippen LogP contribution in [0.25, 0.3) is 15.3 Å². The van der Waals surface area contributed by atoms with E-state index in [0.717, 1.165) is 33.7 Å². The second kappa shape index (κ2) is 19.4.